The van der Waals surface area contributed by atoms with Crippen LogP contribution in [0.4, 0.5) is 0 Å². The van der Waals surface area contributed by atoms with Crippen LogP contribution >= 0.6 is 0 Å². The summed E-state index contributed by atoms with van der Waals surface area (Å²) in [6, 6.07) is 8.17. The summed E-state index contributed by atoms with van der Waals surface area (Å²) in [7, 11) is 0. The van der Waals surface area contributed by atoms with Crippen molar-refractivity contribution in [2.75, 3.05) is 13.1 Å². The summed E-state index contributed by atoms with van der Waals surface area (Å²) in [6.45, 7) is 9.53. The molecule has 1 rings (SSSR count). The van der Waals surface area contributed by atoms with Crippen LogP contribution in [0.3, 0.4) is 0 Å². The second-order valence-corrected chi connectivity index (χ2v) is 4.90. The van der Waals surface area contributed by atoms with Gasteiger partial charge in [0.1, 0.15) is 5.75 Å². The molecule has 0 aliphatic carbocycles. The molecule has 112 valence electrons. The summed E-state index contributed by atoms with van der Waals surface area (Å²) in [5, 5.41) is 6.19. The number of carbonyl (C=O) groups excluding carboxylic acids is 1. The van der Waals surface area contributed by atoms with E-state index in [9.17, 15) is 4.79 Å². The molecule has 0 aromatic heterocycles. The predicted molar refractivity (Wildman–Crippen MR) is 81.9 cm³/mol. The normalized spacial score (nSPS) is 13.6. The third-order valence-electron chi connectivity index (χ3n) is 3.09. The van der Waals surface area contributed by atoms with E-state index in [0.29, 0.717) is 6.54 Å². The van der Waals surface area contributed by atoms with Crippen molar-refractivity contribution < 1.29 is 9.53 Å². The number of likely N-dealkylation sites (N-methyl/N-ethyl adjacent to an activating group) is 1. The van der Waals surface area contributed by atoms with Crippen molar-refractivity contribution in [1.82, 2.24) is 10.6 Å². The van der Waals surface area contributed by atoms with Gasteiger partial charge in [-0.2, -0.15) is 0 Å². The smallest absolute Gasteiger partial charge is 0.260 e. The Bertz CT molecular complexity index is 421. The maximum Gasteiger partial charge on any atom is 0.260 e. The number of hydrogen-bond donors (Lipinski definition) is 2. The first-order valence-electron chi connectivity index (χ1n) is 7.36. The summed E-state index contributed by atoms with van der Waals surface area (Å²) >= 11 is 0. The maximum atomic E-state index is 11.7. The van der Waals surface area contributed by atoms with Crippen molar-refractivity contribution in [3.05, 3.63) is 29.8 Å². The second kappa shape index (κ2) is 8.59. The Hall–Kier alpha value is -1.55. The van der Waals surface area contributed by atoms with Crippen molar-refractivity contribution in [2.45, 2.75) is 46.3 Å². The zero-order valence-corrected chi connectivity index (χ0v) is 12.9. The lowest BCUT2D eigenvalue weighted by Gasteiger charge is -2.17. The van der Waals surface area contributed by atoms with Gasteiger partial charge in [0.2, 0.25) is 0 Å². The van der Waals surface area contributed by atoms with E-state index in [2.05, 4.69) is 30.5 Å². The molecule has 0 aliphatic rings. The fourth-order valence-corrected chi connectivity index (χ4v) is 1.91. The molecule has 1 aromatic rings. The molecule has 0 saturated heterocycles. The molecule has 2 N–H and O–H groups in total. The lowest BCUT2D eigenvalue weighted by Crippen LogP contribution is -2.36. The first-order valence-corrected chi connectivity index (χ1v) is 7.36. The summed E-state index contributed by atoms with van der Waals surface area (Å²) in [5.41, 5.74) is 1.17. The number of ether oxygens (including phenoxy) is 1. The van der Waals surface area contributed by atoms with Gasteiger partial charge >= 0.3 is 0 Å². The van der Waals surface area contributed by atoms with Gasteiger partial charge in [-0.25, -0.2) is 0 Å². The van der Waals surface area contributed by atoms with Gasteiger partial charge in [-0.15, -0.1) is 0 Å². The van der Waals surface area contributed by atoms with E-state index in [0.717, 1.165) is 18.7 Å². The van der Waals surface area contributed by atoms with Crippen LogP contribution in [-0.4, -0.2) is 25.1 Å². The molecule has 0 heterocycles. The van der Waals surface area contributed by atoms with E-state index in [1.807, 2.05) is 25.1 Å². The van der Waals surface area contributed by atoms with Crippen LogP contribution in [0.5, 0.6) is 5.75 Å². The van der Waals surface area contributed by atoms with Gasteiger partial charge in [0, 0.05) is 12.6 Å². The molecule has 4 heteroatoms. The molecule has 1 aromatic carbocycles. The number of rotatable bonds is 8. The fraction of sp³-hybridized carbons (Fsp3) is 0.562. The van der Waals surface area contributed by atoms with Gasteiger partial charge in [-0.1, -0.05) is 19.1 Å². The Labute approximate surface area is 121 Å². The van der Waals surface area contributed by atoms with E-state index in [1.54, 1.807) is 6.92 Å². The molecule has 0 fully saturated rings. The number of amides is 1. The number of hydrogen-bond acceptors (Lipinski definition) is 3. The Kier molecular flexibility index (Phi) is 7.09. The molecule has 0 bridgehead atoms. The van der Waals surface area contributed by atoms with Crippen LogP contribution in [0.1, 0.15) is 45.7 Å². The standard InChI is InChI=1S/C16H26N2O2/c1-5-10-18-12(3)14-8-7-9-15(11-14)20-13(4)16(19)17-6-2/h7-9,11-13,18H,5-6,10H2,1-4H3,(H,17,19). The molecule has 0 saturated carbocycles. The van der Waals surface area contributed by atoms with Crippen molar-refractivity contribution in [1.29, 1.82) is 0 Å². The van der Waals surface area contributed by atoms with Crippen molar-refractivity contribution in [3.63, 3.8) is 0 Å². The van der Waals surface area contributed by atoms with Crippen LogP contribution in [0.15, 0.2) is 24.3 Å². The van der Waals surface area contributed by atoms with E-state index in [1.165, 1.54) is 5.56 Å². The van der Waals surface area contributed by atoms with Gasteiger partial charge in [-0.3, -0.25) is 4.79 Å². The highest BCUT2D eigenvalue weighted by Crippen LogP contribution is 2.20. The van der Waals surface area contributed by atoms with Gasteiger partial charge < -0.3 is 15.4 Å². The summed E-state index contributed by atoms with van der Waals surface area (Å²) < 4.78 is 5.68. The number of carbonyl (C=O) groups is 1. The maximum absolute atomic E-state index is 11.7. The van der Waals surface area contributed by atoms with Crippen LogP contribution in [0.2, 0.25) is 0 Å². The third-order valence-corrected chi connectivity index (χ3v) is 3.09. The topological polar surface area (TPSA) is 50.4 Å². The molecule has 2 unspecified atom stereocenters. The molecule has 20 heavy (non-hydrogen) atoms. The summed E-state index contributed by atoms with van der Waals surface area (Å²) in [5.74, 6) is 0.640. The SMILES string of the molecule is CCCNC(C)c1cccc(OC(C)C(=O)NCC)c1. The highest BCUT2D eigenvalue weighted by Gasteiger charge is 2.14. The second-order valence-electron chi connectivity index (χ2n) is 4.90. The molecule has 0 radical (unpaired) electrons. The van der Waals surface area contributed by atoms with Crippen LogP contribution in [0, 0.1) is 0 Å². The Morgan fingerprint density at radius 2 is 2.05 bits per heavy atom. The highest BCUT2D eigenvalue weighted by atomic mass is 16.5. The van der Waals surface area contributed by atoms with E-state index < -0.39 is 6.10 Å². The highest BCUT2D eigenvalue weighted by molar-refractivity contribution is 5.80. The minimum atomic E-state index is -0.482. The largest absolute Gasteiger partial charge is 0.481 e. The third kappa shape index (κ3) is 5.21. The van der Waals surface area contributed by atoms with E-state index >= 15 is 0 Å². The van der Waals surface area contributed by atoms with Crippen molar-refractivity contribution in [2.24, 2.45) is 0 Å². The van der Waals surface area contributed by atoms with Crippen molar-refractivity contribution >= 4 is 5.91 Å². The van der Waals surface area contributed by atoms with Crippen LogP contribution in [-0.2, 0) is 4.79 Å². The van der Waals surface area contributed by atoms with E-state index in [4.69, 9.17) is 4.74 Å². The minimum absolute atomic E-state index is 0.0879. The van der Waals surface area contributed by atoms with E-state index in [-0.39, 0.29) is 11.9 Å². The Morgan fingerprint density at radius 3 is 2.70 bits per heavy atom. The fourth-order valence-electron chi connectivity index (χ4n) is 1.91. The number of nitrogens with one attached hydrogen (secondary N) is 2. The van der Waals surface area contributed by atoms with Crippen molar-refractivity contribution in [3.8, 4) is 5.75 Å². The molecular formula is C16H26N2O2. The average molecular weight is 278 g/mol. The summed E-state index contributed by atoms with van der Waals surface area (Å²) in [4.78, 5) is 11.7. The van der Waals surface area contributed by atoms with Crippen LogP contribution in [0.25, 0.3) is 0 Å². The molecule has 4 nitrogen and oxygen atoms in total. The lowest BCUT2D eigenvalue weighted by molar-refractivity contribution is -0.127. The van der Waals surface area contributed by atoms with Crippen LogP contribution < -0.4 is 15.4 Å². The first-order chi connectivity index (χ1) is 9.58. The molecule has 0 aliphatic heterocycles. The number of benzene rings is 1. The summed E-state index contributed by atoms with van der Waals surface area (Å²) in [6.07, 6.45) is 0.624. The molecule has 1 amide bonds. The minimum Gasteiger partial charge on any atom is -0.481 e. The Balaban J connectivity index is 2.65. The molecular weight excluding hydrogens is 252 g/mol. The van der Waals surface area contributed by atoms with Gasteiger partial charge in [0.05, 0.1) is 0 Å². The van der Waals surface area contributed by atoms with Gasteiger partial charge in [0.25, 0.3) is 5.91 Å². The quantitative estimate of drug-likeness (QED) is 0.768. The molecule has 2 atom stereocenters. The Morgan fingerprint density at radius 1 is 1.30 bits per heavy atom. The average Bonchev–Trinajstić information content (AvgIpc) is 2.45. The lowest BCUT2D eigenvalue weighted by atomic mass is 10.1. The predicted octanol–water partition coefficient (Wildman–Crippen LogP) is 2.65. The van der Waals surface area contributed by atoms with Gasteiger partial charge in [-0.05, 0) is 51.4 Å². The zero-order chi connectivity index (χ0) is 15.0. The van der Waals surface area contributed by atoms with Gasteiger partial charge in [0.15, 0.2) is 6.10 Å². The molecule has 0 spiro atoms. The first kappa shape index (κ1) is 16.5. The monoisotopic (exact) mass is 278 g/mol. The zero-order valence-electron chi connectivity index (χ0n) is 12.9.